The van der Waals surface area contributed by atoms with Crippen molar-refractivity contribution in [3.8, 4) is 0 Å². The zero-order chi connectivity index (χ0) is 16.6. The first-order chi connectivity index (χ1) is 10.9. The molecule has 1 aliphatic heterocycles. The van der Waals surface area contributed by atoms with Gasteiger partial charge in [0.25, 0.3) is 5.91 Å². The molecule has 1 N–H and O–H groups in total. The third kappa shape index (κ3) is 3.75. The minimum atomic E-state index is -3.54. The summed E-state index contributed by atoms with van der Waals surface area (Å²) in [5.41, 5.74) is 0.413. The lowest BCUT2D eigenvalue weighted by molar-refractivity contribution is 0.0951. The number of hydrogen-bond acceptors (Lipinski definition) is 3. The summed E-state index contributed by atoms with van der Waals surface area (Å²) in [6.45, 7) is 5.26. The molecule has 0 aromatic heterocycles. The van der Waals surface area contributed by atoms with Gasteiger partial charge in [-0.25, -0.2) is 8.42 Å². The fourth-order valence-electron chi connectivity index (χ4n) is 3.25. The van der Waals surface area contributed by atoms with E-state index in [2.05, 4.69) is 19.2 Å². The molecule has 1 heterocycles. The van der Waals surface area contributed by atoms with Crippen molar-refractivity contribution >= 4 is 15.9 Å². The fourth-order valence-corrected chi connectivity index (χ4v) is 4.97. The summed E-state index contributed by atoms with van der Waals surface area (Å²) in [5, 5.41) is 2.90. The molecule has 5 nitrogen and oxygen atoms in total. The average molecular weight is 336 g/mol. The molecule has 0 radical (unpaired) electrons. The van der Waals surface area contributed by atoms with E-state index in [4.69, 9.17) is 0 Å². The van der Waals surface area contributed by atoms with Crippen molar-refractivity contribution in [3.63, 3.8) is 0 Å². The normalized spacial score (nSPS) is 26.0. The lowest BCUT2D eigenvalue weighted by Gasteiger charge is -2.34. The lowest BCUT2D eigenvalue weighted by Crippen LogP contribution is -2.42. The predicted octanol–water partition coefficient (Wildman–Crippen LogP) is 2.25. The maximum atomic E-state index is 12.9. The maximum Gasteiger partial charge on any atom is 0.251 e. The smallest absolute Gasteiger partial charge is 0.251 e. The van der Waals surface area contributed by atoms with E-state index >= 15 is 0 Å². The molecule has 0 bridgehead atoms. The van der Waals surface area contributed by atoms with Crippen LogP contribution in [-0.4, -0.2) is 37.8 Å². The van der Waals surface area contributed by atoms with Crippen LogP contribution in [0, 0.1) is 11.8 Å². The van der Waals surface area contributed by atoms with Gasteiger partial charge in [-0.2, -0.15) is 4.31 Å². The van der Waals surface area contributed by atoms with E-state index in [1.165, 1.54) is 6.07 Å². The Bertz CT molecular complexity index is 688. The van der Waals surface area contributed by atoms with Crippen LogP contribution in [0.2, 0.25) is 0 Å². The highest BCUT2D eigenvalue weighted by molar-refractivity contribution is 7.89. The van der Waals surface area contributed by atoms with Gasteiger partial charge in [0, 0.05) is 24.7 Å². The van der Waals surface area contributed by atoms with Crippen molar-refractivity contribution in [3.05, 3.63) is 29.8 Å². The van der Waals surface area contributed by atoms with Gasteiger partial charge in [0.2, 0.25) is 10.0 Å². The van der Waals surface area contributed by atoms with E-state index in [1.54, 1.807) is 22.5 Å². The second-order valence-corrected chi connectivity index (χ2v) is 8.98. The van der Waals surface area contributed by atoms with Crippen LogP contribution in [0.25, 0.3) is 0 Å². The van der Waals surface area contributed by atoms with E-state index in [1.807, 2.05) is 0 Å². The average Bonchev–Trinajstić information content (AvgIpc) is 3.30. The molecule has 2 atom stereocenters. The third-order valence-corrected chi connectivity index (χ3v) is 6.31. The first-order valence-electron chi connectivity index (χ1n) is 8.27. The molecule has 1 aliphatic carbocycles. The molecule has 2 unspecified atom stereocenters. The third-order valence-electron chi connectivity index (χ3n) is 4.48. The molecular weight excluding hydrogens is 312 g/mol. The zero-order valence-corrected chi connectivity index (χ0v) is 14.5. The van der Waals surface area contributed by atoms with Gasteiger partial charge < -0.3 is 5.32 Å². The second kappa shape index (κ2) is 6.24. The van der Waals surface area contributed by atoms with Crippen molar-refractivity contribution in [2.75, 3.05) is 13.1 Å². The number of nitrogens with zero attached hydrogens (tertiary/aromatic N) is 1. The molecule has 126 valence electrons. The molecule has 1 aromatic rings. The first-order valence-corrected chi connectivity index (χ1v) is 9.71. The summed E-state index contributed by atoms with van der Waals surface area (Å²) >= 11 is 0. The molecule has 3 rings (SSSR count). The van der Waals surface area contributed by atoms with Crippen LogP contribution in [0.1, 0.15) is 43.5 Å². The van der Waals surface area contributed by atoms with Crippen LogP contribution in [0.5, 0.6) is 0 Å². The number of carbonyl (C=O) groups excluding carboxylic acids is 1. The molecular formula is C17H24N2O3S. The van der Waals surface area contributed by atoms with Gasteiger partial charge in [0.1, 0.15) is 0 Å². The zero-order valence-electron chi connectivity index (χ0n) is 13.7. The minimum absolute atomic E-state index is 0.190. The summed E-state index contributed by atoms with van der Waals surface area (Å²) < 4.78 is 27.3. The summed E-state index contributed by atoms with van der Waals surface area (Å²) in [6.07, 6.45) is 3.07. The summed E-state index contributed by atoms with van der Waals surface area (Å²) in [5.74, 6) is 0.523. The lowest BCUT2D eigenvalue weighted by atomic mass is 9.94. The quantitative estimate of drug-likeness (QED) is 0.917. The summed E-state index contributed by atoms with van der Waals surface area (Å²) in [6, 6.07) is 6.64. The molecule has 1 amide bonds. The van der Waals surface area contributed by atoms with Gasteiger partial charge in [-0.15, -0.1) is 0 Å². The van der Waals surface area contributed by atoms with Crippen molar-refractivity contribution in [1.29, 1.82) is 0 Å². The standard InChI is InChI=1S/C17H24N2O3S/c1-12-8-13(2)11-19(10-12)23(21,22)16-5-3-4-14(9-16)17(20)18-15-6-7-15/h3-5,9,12-13,15H,6-8,10-11H2,1-2H3,(H,18,20). The van der Waals surface area contributed by atoms with Crippen LogP contribution in [0.3, 0.4) is 0 Å². The largest absolute Gasteiger partial charge is 0.349 e. The van der Waals surface area contributed by atoms with Crippen LogP contribution in [0.4, 0.5) is 0 Å². The molecule has 1 aromatic carbocycles. The van der Waals surface area contributed by atoms with Crippen molar-refractivity contribution in [1.82, 2.24) is 9.62 Å². The van der Waals surface area contributed by atoms with E-state index in [-0.39, 0.29) is 16.8 Å². The Morgan fingerprint density at radius 3 is 2.43 bits per heavy atom. The second-order valence-electron chi connectivity index (χ2n) is 7.04. The van der Waals surface area contributed by atoms with Gasteiger partial charge in [-0.05, 0) is 49.3 Å². The Morgan fingerprint density at radius 2 is 1.83 bits per heavy atom. The molecule has 6 heteroatoms. The predicted molar refractivity (Wildman–Crippen MR) is 88.6 cm³/mol. The highest BCUT2D eigenvalue weighted by Gasteiger charge is 2.32. The van der Waals surface area contributed by atoms with Crippen LogP contribution in [-0.2, 0) is 10.0 Å². The SMILES string of the molecule is CC1CC(C)CN(S(=O)(=O)c2cccc(C(=O)NC3CC3)c2)C1. The first kappa shape index (κ1) is 16.5. The highest BCUT2D eigenvalue weighted by Crippen LogP contribution is 2.27. The Balaban J connectivity index is 1.83. The van der Waals surface area contributed by atoms with E-state index in [9.17, 15) is 13.2 Å². The Kier molecular flexibility index (Phi) is 4.47. The van der Waals surface area contributed by atoms with Gasteiger partial charge in [-0.1, -0.05) is 19.9 Å². The molecule has 2 fully saturated rings. The molecule has 2 aliphatic rings. The molecule has 1 saturated carbocycles. The van der Waals surface area contributed by atoms with Crippen molar-refractivity contribution < 1.29 is 13.2 Å². The summed E-state index contributed by atoms with van der Waals surface area (Å²) in [7, 11) is -3.54. The molecule has 0 spiro atoms. The number of rotatable bonds is 4. The Morgan fingerprint density at radius 1 is 1.17 bits per heavy atom. The number of sulfonamides is 1. The highest BCUT2D eigenvalue weighted by atomic mass is 32.2. The Labute approximate surface area is 138 Å². The van der Waals surface area contributed by atoms with E-state index < -0.39 is 10.0 Å². The van der Waals surface area contributed by atoms with Gasteiger partial charge in [-0.3, -0.25) is 4.79 Å². The van der Waals surface area contributed by atoms with Crippen molar-refractivity contribution in [2.45, 2.75) is 44.0 Å². The van der Waals surface area contributed by atoms with Crippen LogP contribution < -0.4 is 5.32 Å². The van der Waals surface area contributed by atoms with E-state index in [0.717, 1.165) is 19.3 Å². The Hall–Kier alpha value is -1.40. The van der Waals surface area contributed by atoms with E-state index in [0.29, 0.717) is 30.5 Å². The summed E-state index contributed by atoms with van der Waals surface area (Å²) in [4.78, 5) is 12.3. The molecule has 23 heavy (non-hydrogen) atoms. The number of carbonyl (C=O) groups is 1. The minimum Gasteiger partial charge on any atom is -0.349 e. The van der Waals surface area contributed by atoms with Gasteiger partial charge in [0.05, 0.1) is 4.90 Å². The van der Waals surface area contributed by atoms with Gasteiger partial charge >= 0.3 is 0 Å². The van der Waals surface area contributed by atoms with Crippen molar-refractivity contribution in [2.24, 2.45) is 11.8 Å². The number of benzene rings is 1. The fraction of sp³-hybridized carbons (Fsp3) is 0.588. The maximum absolute atomic E-state index is 12.9. The van der Waals surface area contributed by atoms with Crippen LogP contribution in [0.15, 0.2) is 29.2 Å². The molecule has 1 saturated heterocycles. The van der Waals surface area contributed by atoms with Crippen LogP contribution >= 0.6 is 0 Å². The topological polar surface area (TPSA) is 66.5 Å². The number of hydrogen-bond donors (Lipinski definition) is 1. The number of amides is 1. The number of piperidine rings is 1. The van der Waals surface area contributed by atoms with Gasteiger partial charge in [0.15, 0.2) is 0 Å². The monoisotopic (exact) mass is 336 g/mol. The number of nitrogens with one attached hydrogen (secondary N) is 1.